The van der Waals surface area contributed by atoms with E-state index in [0.29, 0.717) is 11.6 Å². The smallest absolute Gasteiger partial charge is 0.178 e. The van der Waals surface area contributed by atoms with Crippen LogP contribution in [-0.4, -0.2) is 46.3 Å². The number of hydrogen-bond donors (Lipinski definition) is 0. The van der Waals surface area contributed by atoms with Gasteiger partial charge >= 0.3 is 0 Å². The maximum Gasteiger partial charge on any atom is 0.178 e. The maximum absolute atomic E-state index is 8.04. The van der Waals surface area contributed by atoms with E-state index in [1.165, 1.54) is 11.1 Å². The molecular formula is C21H24N8. The number of fused-ring (bicyclic) bond motifs is 2. The van der Waals surface area contributed by atoms with Gasteiger partial charge in [-0.3, -0.25) is 0 Å². The van der Waals surface area contributed by atoms with E-state index in [9.17, 15) is 0 Å². The Balaban J connectivity index is 1.65. The zero-order valence-corrected chi connectivity index (χ0v) is 16.8. The van der Waals surface area contributed by atoms with Crippen molar-refractivity contribution in [2.24, 2.45) is 0 Å². The lowest BCUT2D eigenvalue weighted by Crippen LogP contribution is -2.37. The molecule has 0 N–H and O–H groups in total. The Morgan fingerprint density at radius 3 is 1.72 bits per heavy atom. The predicted octanol–water partition coefficient (Wildman–Crippen LogP) is 3.44. The lowest BCUT2D eigenvalue weighted by atomic mass is 10.1. The number of aromatic nitrogens is 4. The molecule has 29 heavy (non-hydrogen) atoms. The summed E-state index contributed by atoms with van der Waals surface area (Å²) in [6, 6.07) is 6.01. The highest BCUT2D eigenvalue weighted by Crippen LogP contribution is 2.46. The summed E-state index contributed by atoms with van der Waals surface area (Å²) in [6.45, 7) is 3.65. The number of benzene rings is 1. The molecule has 4 heterocycles. The topological polar surface area (TPSA) is 64.5 Å². The van der Waals surface area contributed by atoms with Gasteiger partial charge in [0.1, 0.15) is 12.3 Å². The van der Waals surface area contributed by atoms with Gasteiger partial charge in [0.2, 0.25) is 0 Å². The predicted molar refractivity (Wildman–Crippen MR) is 115 cm³/mol. The zero-order valence-electron chi connectivity index (χ0n) is 19.8. The van der Waals surface area contributed by atoms with Crippen molar-refractivity contribution >= 4 is 34.6 Å². The summed E-state index contributed by atoms with van der Waals surface area (Å²) in [5, 5.41) is 0. The molecule has 2 aromatic heterocycles. The van der Waals surface area contributed by atoms with E-state index in [1.54, 1.807) is 18.6 Å². The molecule has 0 bridgehead atoms. The van der Waals surface area contributed by atoms with Gasteiger partial charge in [-0.25, -0.2) is 19.9 Å². The molecule has 3 aromatic rings. The van der Waals surface area contributed by atoms with Gasteiger partial charge in [-0.15, -0.1) is 0 Å². The van der Waals surface area contributed by atoms with Gasteiger partial charge in [-0.2, -0.15) is 0 Å². The third-order valence-corrected chi connectivity index (χ3v) is 5.82. The number of rotatable bonds is 2. The van der Waals surface area contributed by atoms with Crippen molar-refractivity contribution in [1.82, 2.24) is 19.9 Å². The van der Waals surface area contributed by atoms with Gasteiger partial charge < -0.3 is 19.6 Å². The molecule has 0 saturated heterocycles. The van der Waals surface area contributed by atoms with Gasteiger partial charge in [-0.05, 0) is 38.5 Å². The van der Waals surface area contributed by atoms with E-state index in [1.807, 2.05) is 44.0 Å². The highest BCUT2D eigenvalue weighted by atomic mass is 15.5. The fourth-order valence-electron chi connectivity index (χ4n) is 4.17. The van der Waals surface area contributed by atoms with E-state index in [0.717, 1.165) is 28.6 Å². The first kappa shape index (κ1) is 14.6. The third kappa shape index (κ3) is 2.38. The molecule has 0 amide bonds. The van der Waals surface area contributed by atoms with Crippen LogP contribution >= 0.6 is 0 Å². The van der Waals surface area contributed by atoms with Crippen molar-refractivity contribution in [2.45, 2.75) is 33.1 Å². The zero-order chi connectivity index (χ0) is 22.8. The average Bonchev–Trinajstić information content (AvgIpc) is 3.19. The van der Waals surface area contributed by atoms with Crippen molar-refractivity contribution < 1.29 is 4.11 Å². The largest absolute Gasteiger partial charge is 0.336 e. The lowest BCUT2D eigenvalue weighted by molar-refractivity contribution is 0.718. The molecule has 5 rings (SSSR count). The summed E-state index contributed by atoms with van der Waals surface area (Å²) in [6.07, 6.45) is 6.03. The molecule has 2 aliphatic heterocycles. The van der Waals surface area contributed by atoms with Crippen LogP contribution in [0.2, 0.25) is 0 Å². The summed E-state index contributed by atoms with van der Waals surface area (Å²) in [5.41, 5.74) is 2.84. The molecule has 2 atom stereocenters. The average molecular weight is 391 g/mol. The minimum atomic E-state index is -2.34. The molecule has 0 unspecified atom stereocenters. The van der Waals surface area contributed by atoms with Gasteiger partial charge in [0.25, 0.3) is 0 Å². The third-order valence-electron chi connectivity index (χ3n) is 5.82. The van der Waals surface area contributed by atoms with Crippen LogP contribution in [0, 0.1) is 6.92 Å². The quantitative estimate of drug-likeness (QED) is 0.658. The van der Waals surface area contributed by atoms with Gasteiger partial charge in [-0.1, -0.05) is 6.07 Å². The van der Waals surface area contributed by atoms with Gasteiger partial charge in [0.15, 0.2) is 23.3 Å². The fourth-order valence-corrected chi connectivity index (χ4v) is 4.17. The Morgan fingerprint density at radius 2 is 1.21 bits per heavy atom. The van der Waals surface area contributed by atoms with Crippen LogP contribution in [0.25, 0.3) is 0 Å². The van der Waals surface area contributed by atoms with Crippen LogP contribution in [0.4, 0.5) is 34.6 Å². The van der Waals surface area contributed by atoms with Gasteiger partial charge in [0.05, 0.1) is 0 Å². The van der Waals surface area contributed by atoms with E-state index in [2.05, 4.69) is 36.7 Å². The SMILES string of the molecule is [2H]C([2H])([2H])N1c2nccnc2N(c2cccc(N3c4nccnc4N(C)[C@H]3C)c2C)[C@H]1C. The van der Waals surface area contributed by atoms with Crippen molar-refractivity contribution in [2.75, 3.05) is 33.6 Å². The fraction of sp³-hybridized carbons (Fsp3) is 0.333. The van der Waals surface area contributed by atoms with Gasteiger partial charge in [0, 0.05) is 54.3 Å². The van der Waals surface area contributed by atoms with Crippen LogP contribution in [0.15, 0.2) is 43.0 Å². The van der Waals surface area contributed by atoms with Crippen molar-refractivity contribution in [3.8, 4) is 0 Å². The summed E-state index contributed by atoms with van der Waals surface area (Å²) in [7, 11) is 2.00. The van der Waals surface area contributed by atoms with E-state index >= 15 is 0 Å². The lowest BCUT2D eigenvalue weighted by Gasteiger charge is -2.32. The second-order valence-electron chi connectivity index (χ2n) is 7.31. The van der Waals surface area contributed by atoms with E-state index in [-0.39, 0.29) is 6.17 Å². The van der Waals surface area contributed by atoms with Crippen LogP contribution in [0.1, 0.15) is 23.5 Å². The van der Waals surface area contributed by atoms with Crippen molar-refractivity contribution in [3.63, 3.8) is 0 Å². The summed E-state index contributed by atoms with van der Waals surface area (Å²) in [5.74, 6) is 2.50. The summed E-state index contributed by atoms with van der Waals surface area (Å²) >= 11 is 0. The second-order valence-corrected chi connectivity index (χ2v) is 7.31. The summed E-state index contributed by atoms with van der Waals surface area (Å²) < 4.78 is 24.1. The monoisotopic (exact) mass is 391 g/mol. The standard InChI is InChI=1S/C21H24N8/c1-13-16(28-14(2)26(4)18-20(28)24-11-9-22-18)7-6-8-17(13)29-15(3)27(5)19-21(29)25-12-10-23-19/h6-12,14-15H,1-5H3/t14-,15+/i4D3/m0/s1. The van der Waals surface area contributed by atoms with Crippen LogP contribution in [0.5, 0.6) is 0 Å². The van der Waals surface area contributed by atoms with Crippen LogP contribution in [-0.2, 0) is 0 Å². The molecule has 0 fully saturated rings. The maximum atomic E-state index is 8.04. The second kappa shape index (κ2) is 6.30. The Labute approximate surface area is 174 Å². The first-order valence-electron chi connectivity index (χ1n) is 11.0. The Hall–Kier alpha value is -3.42. The minimum Gasteiger partial charge on any atom is -0.336 e. The normalized spacial score (nSPS) is 22.3. The first-order chi connectivity index (χ1) is 15.2. The Kier molecular flexibility index (Phi) is 3.16. The molecule has 1 aromatic carbocycles. The molecule has 8 heteroatoms. The molecule has 148 valence electrons. The molecular weight excluding hydrogens is 364 g/mol. The first-order valence-corrected chi connectivity index (χ1v) is 9.54. The summed E-state index contributed by atoms with van der Waals surface area (Å²) in [4.78, 5) is 25.4. The van der Waals surface area contributed by atoms with E-state index in [4.69, 9.17) is 4.11 Å². The Morgan fingerprint density at radius 1 is 0.759 bits per heavy atom. The molecule has 0 spiro atoms. The molecule has 0 aliphatic carbocycles. The van der Waals surface area contributed by atoms with Crippen LogP contribution < -0.4 is 19.6 Å². The highest BCUT2D eigenvalue weighted by molar-refractivity contribution is 5.85. The molecule has 2 aliphatic rings. The molecule has 0 radical (unpaired) electrons. The van der Waals surface area contributed by atoms with Crippen molar-refractivity contribution in [1.29, 1.82) is 0 Å². The minimum absolute atomic E-state index is 0.0169. The highest BCUT2D eigenvalue weighted by Gasteiger charge is 2.38. The number of nitrogens with zero attached hydrogens (tertiary/aromatic N) is 8. The number of hydrogen-bond acceptors (Lipinski definition) is 8. The van der Waals surface area contributed by atoms with Crippen molar-refractivity contribution in [3.05, 3.63) is 48.5 Å². The van der Waals surface area contributed by atoms with E-state index < -0.39 is 13.1 Å². The Bertz CT molecular complexity index is 1180. The molecule has 0 saturated carbocycles. The molecule has 8 nitrogen and oxygen atoms in total. The number of anilines is 6. The van der Waals surface area contributed by atoms with Crippen LogP contribution in [0.3, 0.4) is 0 Å².